The average molecular weight is 323 g/mol. The summed E-state index contributed by atoms with van der Waals surface area (Å²) in [5, 5.41) is 0. The quantitative estimate of drug-likeness (QED) is 0.681. The third-order valence-electron chi connectivity index (χ3n) is 3.36. The number of Topliss-reactive ketones (excluding diaryl/α,β-unsaturated/α-hetero) is 1. The van der Waals surface area contributed by atoms with Crippen LogP contribution < -0.4 is 4.74 Å². The Morgan fingerprint density at radius 1 is 1.19 bits per heavy atom. The Labute approximate surface area is 134 Å². The molecule has 0 saturated carbocycles. The first kappa shape index (κ1) is 16.1. The second-order valence-corrected chi connectivity index (χ2v) is 7.12. The second-order valence-electron chi connectivity index (χ2n) is 5.40. The summed E-state index contributed by atoms with van der Waals surface area (Å²) < 4.78 is 6.38. The Morgan fingerprint density at radius 3 is 2.43 bits per heavy atom. The Kier molecular flexibility index (Phi) is 5.07. The molecule has 1 atom stereocenters. The Morgan fingerprint density at radius 2 is 1.90 bits per heavy atom. The van der Waals surface area contributed by atoms with Crippen LogP contribution in [0.4, 0.5) is 0 Å². The van der Waals surface area contributed by atoms with Gasteiger partial charge in [-0.1, -0.05) is 31.5 Å². The number of ether oxygens (including phenoxy) is 1. The standard InChI is InChI=1S/C17H19ClO2S/c1-10(2)14-6-5-13(9-11(14)3)20-12(4)17(19)15-7-8-16(18)21-15/h5-10,12H,1-4H3. The van der Waals surface area contributed by atoms with Crippen molar-refractivity contribution in [1.82, 2.24) is 0 Å². The predicted octanol–water partition coefficient (Wildman–Crippen LogP) is 5.48. The molecule has 2 aromatic rings. The number of ketones is 1. The van der Waals surface area contributed by atoms with Crippen LogP contribution in [-0.2, 0) is 0 Å². The van der Waals surface area contributed by atoms with Gasteiger partial charge in [-0.15, -0.1) is 11.3 Å². The molecule has 2 nitrogen and oxygen atoms in total. The lowest BCUT2D eigenvalue weighted by Crippen LogP contribution is -2.23. The molecule has 0 aliphatic rings. The highest BCUT2D eigenvalue weighted by Gasteiger charge is 2.19. The van der Waals surface area contributed by atoms with Crippen LogP contribution >= 0.6 is 22.9 Å². The number of benzene rings is 1. The van der Waals surface area contributed by atoms with E-state index in [9.17, 15) is 4.79 Å². The van der Waals surface area contributed by atoms with Gasteiger partial charge in [-0.05, 0) is 55.2 Å². The summed E-state index contributed by atoms with van der Waals surface area (Å²) >= 11 is 7.14. The summed E-state index contributed by atoms with van der Waals surface area (Å²) in [6, 6.07) is 9.44. The van der Waals surface area contributed by atoms with Crippen LogP contribution in [0.15, 0.2) is 30.3 Å². The molecule has 2 rings (SSSR count). The Hall–Kier alpha value is -1.32. The van der Waals surface area contributed by atoms with Gasteiger partial charge in [-0.25, -0.2) is 0 Å². The van der Waals surface area contributed by atoms with Crippen LogP contribution in [-0.4, -0.2) is 11.9 Å². The minimum absolute atomic E-state index is 0.0440. The third kappa shape index (κ3) is 3.86. The number of carbonyl (C=O) groups excluding carboxylic acids is 1. The zero-order chi connectivity index (χ0) is 15.6. The molecular formula is C17H19ClO2S. The fraction of sp³-hybridized carbons (Fsp3) is 0.353. The molecule has 0 spiro atoms. The molecule has 1 aromatic carbocycles. The van der Waals surface area contributed by atoms with Crippen molar-refractivity contribution < 1.29 is 9.53 Å². The van der Waals surface area contributed by atoms with E-state index in [0.717, 1.165) is 5.75 Å². The maximum Gasteiger partial charge on any atom is 0.212 e. The zero-order valence-electron chi connectivity index (χ0n) is 12.6. The molecule has 21 heavy (non-hydrogen) atoms. The first-order chi connectivity index (χ1) is 9.88. The zero-order valence-corrected chi connectivity index (χ0v) is 14.2. The van der Waals surface area contributed by atoms with Crippen molar-refractivity contribution in [3.8, 4) is 5.75 Å². The normalized spacial score (nSPS) is 12.5. The highest BCUT2D eigenvalue weighted by molar-refractivity contribution is 7.18. The molecule has 0 N–H and O–H groups in total. The van der Waals surface area contributed by atoms with Gasteiger partial charge in [0.05, 0.1) is 9.21 Å². The van der Waals surface area contributed by atoms with Crippen molar-refractivity contribution in [2.75, 3.05) is 0 Å². The third-order valence-corrected chi connectivity index (χ3v) is 4.61. The maximum atomic E-state index is 12.2. The van der Waals surface area contributed by atoms with Gasteiger partial charge in [-0.2, -0.15) is 0 Å². The Bertz CT molecular complexity index is 646. The van der Waals surface area contributed by atoms with E-state index in [0.29, 0.717) is 15.1 Å². The number of carbonyl (C=O) groups is 1. The molecule has 0 radical (unpaired) electrons. The molecule has 1 heterocycles. The Balaban J connectivity index is 2.11. The van der Waals surface area contributed by atoms with E-state index in [-0.39, 0.29) is 5.78 Å². The van der Waals surface area contributed by atoms with E-state index in [4.69, 9.17) is 16.3 Å². The number of aryl methyl sites for hydroxylation is 1. The van der Waals surface area contributed by atoms with E-state index in [1.165, 1.54) is 22.5 Å². The SMILES string of the molecule is Cc1cc(OC(C)C(=O)c2ccc(Cl)s2)ccc1C(C)C. The number of hydrogen-bond donors (Lipinski definition) is 0. The van der Waals surface area contributed by atoms with Gasteiger partial charge < -0.3 is 4.74 Å². The number of rotatable bonds is 5. The highest BCUT2D eigenvalue weighted by atomic mass is 35.5. The fourth-order valence-corrected chi connectivity index (χ4v) is 3.34. The van der Waals surface area contributed by atoms with Gasteiger partial charge in [0, 0.05) is 0 Å². The lowest BCUT2D eigenvalue weighted by atomic mass is 9.98. The number of halogens is 1. The van der Waals surface area contributed by atoms with Gasteiger partial charge in [0.15, 0.2) is 6.10 Å². The van der Waals surface area contributed by atoms with E-state index in [1.807, 2.05) is 12.1 Å². The van der Waals surface area contributed by atoms with Crippen molar-refractivity contribution in [2.24, 2.45) is 0 Å². The molecule has 0 amide bonds. The summed E-state index contributed by atoms with van der Waals surface area (Å²) in [7, 11) is 0. The van der Waals surface area contributed by atoms with Crippen molar-refractivity contribution in [2.45, 2.75) is 39.7 Å². The van der Waals surface area contributed by atoms with Gasteiger partial charge in [-0.3, -0.25) is 4.79 Å². The summed E-state index contributed by atoms with van der Waals surface area (Å²) in [5.41, 5.74) is 2.48. The lowest BCUT2D eigenvalue weighted by Gasteiger charge is -2.15. The van der Waals surface area contributed by atoms with Crippen LogP contribution in [0.5, 0.6) is 5.75 Å². The minimum Gasteiger partial charge on any atom is -0.483 e. The molecule has 0 fully saturated rings. The van der Waals surface area contributed by atoms with E-state index < -0.39 is 6.10 Å². The van der Waals surface area contributed by atoms with Crippen molar-refractivity contribution >= 4 is 28.7 Å². The molecule has 0 aliphatic heterocycles. The molecule has 0 bridgehead atoms. The number of hydrogen-bond acceptors (Lipinski definition) is 3. The topological polar surface area (TPSA) is 26.3 Å². The summed E-state index contributed by atoms with van der Waals surface area (Å²) in [6.45, 7) is 8.15. The molecule has 4 heteroatoms. The molecule has 0 saturated heterocycles. The predicted molar refractivity (Wildman–Crippen MR) is 89.0 cm³/mol. The summed E-state index contributed by atoms with van der Waals surface area (Å²) in [4.78, 5) is 12.9. The monoisotopic (exact) mass is 322 g/mol. The average Bonchev–Trinajstić information content (AvgIpc) is 2.84. The smallest absolute Gasteiger partial charge is 0.212 e. The van der Waals surface area contributed by atoms with Crippen molar-refractivity contribution in [3.05, 3.63) is 50.7 Å². The van der Waals surface area contributed by atoms with E-state index in [1.54, 1.807) is 19.1 Å². The van der Waals surface area contributed by atoms with Crippen molar-refractivity contribution in [3.63, 3.8) is 0 Å². The first-order valence-corrected chi connectivity index (χ1v) is 8.14. The molecule has 1 aromatic heterocycles. The summed E-state index contributed by atoms with van der Waals surface area (Å²) in [5.74, 6) is 1.16. The van der Waals surface area contributed by atoms with Crippen molar-refractivity contribution in [1.29, 1.82) is 0 Å². The molecular weight excluding hydrogens is 304 g/mol. The van der Waals surface area contributed by atoms with Gasteiger partial charge >= 0.3 is 0 Å². The molecule has 0 aliphatic carbocycles. The van der Waals surface area contributed by atoms with Crippen LogP contribution in [0.2, 0.25) is 4.34 Å². The van der Waals surface area contributed by atoms with Gasteiger partial charge in [0.1, 0.15) is 5.75 Å². The van der Waals surface area contributed by atoms with Gasteiger partial charge in [0.2, 0.25) is 5.78 Å². The molecule has 1 unspecified atom stereocenters. The summed E-state index contributed by atoms with van der Waals surface area (Å²) in [6.07, 6.45) is -0.524. The van der Waals surface area contributed by atoms with E-state index in [2.05, 4.69) is 26.8 Å². The first-order valence-electron chi connectivity index (χ1n) is 6.95. The van der Waals surface area contributed by atoms with Crippen LogP contribution in [0.1, 0.15) is 47.5 Å². The van der Waals surface area contributed by atoms with Crippen LogP contribution in [0, 0.1) is 6.92 Å². The van der Waals surface area contributed by atoms with Gasteiger partial charge in [0.25, 0.3) is 0 Å². The van der Waals surface area contributed by atoms with E-state index >= 15 is 0 Å². The fourth-order valence-electron chi connectivity index (χ4n) is 2.27. The largest absolute Gasteiger partial charge is 0.483 e. The highest BCUT2D eigenvalue weighted by Crippen LogP contribution is 2.26. The van der Waals surface area contributed by atoms with Crippen LogP contribution in [0.3, 0.4) is 0 Å². The minimum atomic E-state index is -0.524. The lowest BCUT2D eigenvalue weighted by molar-refractivity contribution is 0.0822. The number of thiophene rings is 1. The molecule has 112 valence electrons. The maximum absolute atomic E-state index is 12.2. The van der Waals surface area contributed by atoms with Crippen LogP contribution in [0.25, 0.3) is 0 Å². The second kappa shape index (κ2) is 6.63.